The van der Waals surface area contributed by atoms with Gasteiger partial charge in [-0.1, -0.05) is 19.9 Å². The normalized spacial score (nSPS) is 18.6. The minimum Gasteiger partial charge on any atom is -0.348 e. The van der Waals surface area contributed by atoms with Gasteiger partial charge in [-0.15, -0.1) is 0 Å². The highest BCUT2D eigenvalue weighted by Crippen LogP contribution is 2.20. The van der Waals surface area contributed by atoms with E-state index in [-0.39, 0.29) is 11.9 Å². The van der Waals surface area contributed by atoms with Crippen LogP contribution in [0.5, 0.6) is 0 Å². The largest absolute Gasteiger partial charge is 0.348 e. The Morgan fingerprint density at radius 2 is 2.13 bits per heavy atom. The number of carbonyl (C=O) groups excluding carboxylic acids is 1. The van der Waals surface area contributed by atoms with Gasteiger partial charge in [-0.2, -0.15) is 0 Å². The van der Waals surface area contributed by atoms with Gasteiger partial charge < -0.3 is 10.2 Å². The van der Waals surface area contributed by atoms with E-state index in [0.29, 0.717) is 12.5 Å². The van der Waals surface area contributed by atoms with Crippen molar-refractivity contribution in [3.8, 4) is 0 Å². The van der Waals surface area contributed by atoms with E-state index < -0.39 is 0 Å². The first-order valence-electron chi connectivity index (χ1n) is 8.64. The lowest BCUT2D eigenvalue weighted by Crippen LogP contribution is -2.40. The molecule has 1 aliphatic rings. The zero-order valence-corrected chi connectivity index (χ0v) is 14.7. The summed E-state index contributed by atoms with van der Waals surface area (Å²) in [5.41, 5.74) is 1.09. The van der Waals surface area contributed by atoms with Crippen LogP contribution >= 0.6 is 0 Å². The number of nitrogens with zero attached hydrogens (tertiary/aromatic N) is 3. The molecule has 1 N–H and O–H groups in total. The van der Waals surface area contributed by atoms with Gasteiger partial charge in [0, 0.05) is 25.5 Å². The number of pyridine rings is 1. The molecule has 0 aliphatic carbocycles. The Morgan fingerprint density at radius 1 is 1.30 bits per heavy atom. The molecule has 0 bridgehead atoms. The summed E-state index contributed by atoms with van der Waals surface area (Å²) >= 11 is 0. The number of amides is 1. The van der Waals surface area contributed by atoms with Crippen LogP contribution in [0, 0.1) is 5.92 Å². The van der Waals surface area contributed by atoms with Crippen molar-refractivity contribution in [3.63, 3.8) is 0 Å². The average molecular weight is 318 g/mol. The zero-order chi connectivity index (χ0) is 16.7. The molecule has 5 heteroatoms. The third-order valence-electron chi connectivity index (χ3n) is 4.31. The van der Waals surface area contributed by atoms with Crippen molar-refractivity contribution in [1.82, 2.24) is 20.1 Å². The van der Waals surface area contributed by atoms with Gasteiger partial charge in [0.1, 0.15) is 0 Å². The number of hydrogen-bond donors (Lipinski definition) is 1. The molecule has 2 heterocycles. The molecule has 1 aliphatic heterocycles. The summed E-state index contributed by atoms with van der Waals surface area (Å²) in [6.45, 7) is 8.96. The lowest BCUT2D eigenvalue weighted by molar-refractivity contribution is -0.123. The van der Waals surface area contributed by atoms with E-state index in [1.165, 1.54) is 0 Å². The summed E-state index contributed by atoms with van der Waals surface area (Å²) in [4.78, 5) is 21.3. The van der Waals surface area contributed by atoms with E-state index in [0.717, 1.165) is 44.6 Å². The summed E-state index contributed by atoms with van der Waals surface area (Å²) in [7, 11) is 2.14. The number of rotatable bonds is 6. The third-order valence-corrected chi connectivity index (χ3v) is 4.31. The molecule has 2 rings (SSSR count). The summed E-state index contributed by atoms with van der Waals surface area (Å²) < 4.78 is 0. The van der Waals surface area contributed by atoms with E-state index in [9.17, 15) is 4.79 Å². The van der Waals surface area contributed by atoms with Crippen LogP contribution in [0.4, 0.5) is 0 Å². The van der Waals surface area contributed by atoms with Crippen molar-refractivity contribution in [2.45, 2.75) is 32.7 Å². The van der Waals surface area contributed by atoms with Crippen molar-refractivity contribution in [2.75, 3.05) is 39.8 Å². The maximum atomic E-state index is 12.5. The minimum atomic E-state index is 0.0471. The number of carbonyl (C=O) groups is 1. The number of hydrogen-bond acceptors (Lipinski definition) is 4. The fraction of sp³-hybridized carbons (Fsp3) is 0.667. The molecule has 1 fully saturated rings. The van der Waals surface area contributed by atoms with Crippen molar-refractivity contribution in [3.05, 3.63) is 30.1 Å². The van der Waals surface area contributed by atoms with Crippen LogP contribution in [0.3, 0.4) is 0 Å². The van der Waals surface area contributed by atoms with Crippen molar-refractivity contribution in [1.29, 1.82) is 0 Å². The molecule has 0 aromatic carbocycles. The van der Waals surface area contributed by atoms with Crippen molar-refractivity contribution < 1.29 is 4.79 Å². The summed E-state index contributed by atoms with van der Waals surface area (Å²) in [5, 5.41) is 3.21. The molecule has 5 nitrogen and oxygen atoms in total. The van der Waals surface area contributed by atoms with Gasteiger partial charge in [0.15, 0.2) is 0 Å². The van der Waals surface area contributed by atoms with Crippen molar-refractivity contribution >= 4 is 5.91 Å². The molecule has 128 valence electrons. The molecular formula is C18H30N4O. The summed E-state index contributed by atoms with van der Waals surface area (Å²) in [5.74, 6) is 0.636. The molecule has 0 unspecified atom stereocenters. The molecule has 1 atom stereocenters. The second-order valence-corrected chi connectivity index (χ2v) is 6.97. The Labute approximate surface area is 140 Å². The Balaban J connectivity index is 1.92. The molecule has 0 spiro atoms. The molecule has 1 saturated heterocycles. The second kappa shape index (κ2) is 8.99. The Hall–Kier alpha value is -1.46. The average Bonchev–Trinajstić information content (AvgIpc) is 2.72. The standard InChI is InChI=1S/C18H30N4O/c1-15(2)12-17(16-6-4-7-19-13-16)20-18(23)14-22-9-5-8-21(3)10-11-22/h4,6-7,13,15,17H,5,8-12,14H2,1-3H3,(H,20,23)/t17-/m0/s1. The number of likely N-dealkylation sites (N-methyl/N-ethyl adjacent to an activating group) is 1. The molecule has 0 saturated carbocycles. The Kier molecular flexibility index (Phi) is 6.99. The summed E-state index contributed by atoms with van der Waals surface area (Å²) in [6.07, 6.45) is 5.68. The van der Waals surface area contributed by atoms with Crippen LogP contribution in [-0.2, 0) is 4.79 Å². The molecule has 1 aromatic heterocycles. The van der Waals surface area contributed by atoms with E-state index in [4.69, 9.17) is 0 Å². The van der Waals surface area contributed by atoms with Crippen LogP contribution in [0.15, 0.2) is 24.5 Å². The van der Waals surface area contributed by atoms with Gasteiger partial charge in [-0.05, 0) is 50.5 Å². The molecular weight excluding hydrogens is 288 g/mol. The lowest BCUT2D eigenvalue weighted by atomic mass is 9.98. The summed E-state index contributed by atoms with van der Waals surface area (Å²) in [6, 6.07) is 4.02. The van der Waals surface area contributed by atoms with Gasteiger partial charge in [0.05, 0.1) is 12.6 Å². The van der Waals surface area contributed by atoms with Gasteiger partial charge in [0.2, 0.25) is 5.91 Å². The topological polar surface area (TPSA) is 48.5 Å². The third kappa shape index (κ3) is 6.28. The lowest BCUT2D eigenvalue weighted by Gasteiger charge is -2.24. The smallest absolute Gasteiger partial charge is 0.234 e. The molecule has 1 amide bonds. The van der Waals surface area contributed by atoms with Gasteiger partial charge in [-0.3, -0.25) is 14.7 Å². The van der Waals surface area contributed by atoms with E-state index in [1.54, 1.807) is 6.20 Å². The fourth-order valence-electron chi connectivity index (χ4n) is 3.03. The van der Waals surface area contributed by atoms with E-state index >= 15 is 0 Å². The minimum absolute atomic E-state index is 0.0471. The number of aromatic nitrogens is 1. The Bertz CT molecular complexity index is 477. The highest BCUT2D eigenvalue weighted by atomic mass is 16.2. The quantitative estimate of drug-likeness (QED) is 0.870. The Morgan fingerprint density at radius 3 is 2.83 bits per heavy atom. The van der Waals surface area contributed by atoms with Crippen LogP contribution in [0.1, 0.15) is 38.3 Å². The first-order chi connectivity index (χ1) is 11.0. The second-order valence-electron chi connectivity index (χ2n) is 6.97. The van der Waals surface area contributed by atoms with E-state index in [1.807, 2.05) is 18.3 Å². The van der Waals surface area contributed by atoms with Crippen molar-refractivity contribution in [2.24, 2.45) is 5.92 Å². The first kappa shape index (κ1) is 17.9. The fourth-order valence-corrected chi connectivity index (χ4v) is 3.03. The van der Waals surface area contributed by atoms with Crippen LogP contribution in [0.25, 0.3) is 0 Å². The molecule has 23 heavy (non-hydrogen) atoms. The van der Waals surface area contributed by atoms with Crippen LogP contribution in [-0.4, -0.2) is 60.5 Å². The highest BCUT2D eigenvalue weighted by Gasteiger charge is 2.19. The van der Waals surface area contributed by atoms with Gasteiger partial charge >= 0.3 is 0 Å². The monoisotopic (exact) mass is 318 g/mol. The predicted molar refractivity (Wildman–Crippen MR) is 93.1 cm³/mol. The van der Waals surface area contributed by atoms with Crippen LogP contribution < -0.4 is 5.32 Å². The van der Waals surface area contributed by atoms with Gasteiger partial charge in [0.25, 0.3) is 0 Å². The van der Waals surface area contributed by atoms with Gasteiger partial charge in [-0.25, -0.2) is 0 Å². The molecule has 0 radical (unpaired) electrons. The predicted octanol–water partition coefficient (Wildman–Crippen LogP) is 1.92. The highest BCUT2D eigenvalue weighted by molar-refractivity contribution is 5.78. The van der Waals surface area contributed by atoms with Crippen LogP contribution in [0.2, 0.25) is 0 Å². The maximum Gasteiger partial charge on any atom is 0.234 e. The molecule has 1 aromatic rings. The SMILES string of the molecule is CC(C)C[C@H](NC(=O)CN1CCCN(C)CC1)c1cccnc1. The van der Waals surface area contributed by atoms with E-state index in [2.05, 4.69) is 41.0 Å². The zero-order valence-electron chi connectivity index (χ0n) is 14.7. The maximum absolute atomic E-state index is 12.5. The number of nitrogens with one attached hydrogen (secondary N) is 1. The first-order valence-corrected chi connectivity index (χ1v) is 8.64.